The molecule has 0 spiro atoms. The third kappa shape index (κ3) is 6.58. The molecule has 0 aromatic heterocycles. The molecule has 0 bridgehead atoms. The maximum absolute atomic E-state index is 13.8. The molecule has 1 N–H and O–H groups in total. The average molecular weight is 629 g/mol. The van der Waals surface area contributed by atoms with Crippen molar-refractivity contribution in [2.45, 2.75) is 70.5 Å². The zero-order valence-electron chi connectivity index (χ0n) is 23.4. The molecule has 1 aliphatic carbocycles. The van der Waals surface area contributed by atoms with E-state index in [4.69, 9.17) is 4.74 Å². The number of fused-ring (bicyclic) bond motifs is 2. The fourth-order valence-electron chi connectivity index (χ4n) is 5.87. The fourth-order valence-corrected chi connectivity index (χ4v) is 6.59. The molecule has 2 aromatic rings. The molecule has 0 fully saturated rings. The number of hydrogen-bond acceptors (Lipinski definition) is 5. The lowest BCUT2D eigenvalue weighted by molar-refractivity contribution is -0.143. The molecular weight excluding hydrogens is 598 g/mol. The molecule has 43 heavy (non-hydrogen) atoms. The summed E-state index contributed by atoms with van der Waals surface area (Å²) in [5, 5.41) is 3.01. The first-order chi connectivity index (χ1) is 20.3. The minimum atomic E-state index is -5.04. The van der Waals surface area contributed by atoms with Crippen molar-refractivity contribution < 1.29 is 40.7 Å². The van der Waals surface area contributed by atoms with Gasteiger partial charge in [-0.15, -0.1) is 0 Å². The van der Waals surface area contributed by atoms with Crippen LogP contribution in [0.5, 0.6) is 0 Å². The molecule has 0 saturated carbocycles. The summed E-state index contributed by atoms with van der Waals surface area (Å²) in [5.74, 6) is 0.627. The average Bonchev–Trinajstić information content (AvgIpc) is 3.61. The number of ether oxygens (including phenoxy) is 1. The lowest BCUT2D eigenvalue weighted by Gasteiger charge is -2.43. The number of amidine groups is 1. The summed E-state index contributed by atoms with van der Waals surface area (Å²) >= 11 is 1.29. The van der Waals surface area contributed by atoms with Gasteiger partial charge in [0.15, 0.2) is 5.17 Å². The Bertz CT molecular complexity index is 1410. The van der Waals surface area contributed by atoms with E-state index in [0.29, 0.717) is 40.8 Å². The number of rotatable bonds is 4. The highest BCUT2D eigenvalue weighted by atomic mass is 32.2. The van der Waals surface area contributed by atoms with Gasteiger partial charge in [-0.05, 0) is 86.1 Å². The van der Waals surface area contributed by atoms with Gasteiger partial charge in [-0.2, -0.15) is 26.3 Å². The summed E-state index contributed by atoms with van der Waals surface area (Å²) < 4.78 is 87.4. The van der Waals surface area contributed by atoms with E-state index in [1.807, 2.05) is 12.1 Å². The van der Waals surface area contributed by atoms with Crippen molar-refractivity contribution in [2.75, 3.05) is 23.8 Å². The standard InChI is InChI=1S/C29H30F6N4O3S/c1-3-42-27(41)39-16(2)9-23(22-12-18-5-4-6-19(18)13-24(22)39)38(26(40)37-25-36-7-8-43-25)15-17-10-20(28(30,31)32)14-21(11-17)29(33,34)35/h10-14,16,23H,3-9,15H2,1-2H3,(H,36,37,40)/t16-,23+/m0/s1. The summed E-state index contributed by atoms with van der Waals surface area (Å²) in [5.41, 5.74) is -0.104. The van der Waals surface area contributed by atoms with E-state index in [2.05, 4.69) is 10.3 Å². The Morgan fingerprint density at radius 3 is 2.28 bits per heavy atom. The number of hydrogen-bond donors (Lipinski definition) is 1. The van der Waals surface area contributed by atoms with Crippen molar-refractivity contribution in [3.8, 4) is 0 Å². The normalized spacial score (nSPS) is 19.9. The molecule has 232 valence electrons. The van der Waals surface area contributed by atoms with Crippen molar-refractivity contribution in [3.05, 3.63) is 63.7 Å². The van der Waals surface area contributed by atoms with Crippen molar-refractivity contribution in [3.63, 3.8) is 0 Å². The van der Waals surface area contributed by atoms with E-state index < -0.39 is 54.2 Å². The van der Waals surface area contributed by atoms with E-state index in [0.717, 1.165) is 30.4 Å². The molecule has 7 nitrogen and oxygen atoms in total. The van der Waals surface area contributed by atoms with Crippen molar-refractivity contribution in [1.82, 2.24) is 10.2 Å². The van der Waals surface area contributed by atoms with E-state index in [1.54, 1.807) is 13.8 Å². The smallest absolute Gasteiger partial charge is 0.416 e. The van der Waals surface area contributed by atoms with Gasteiger partial charge in [0.05, 0.1) is 36.0 Å². The Kier molecular flexibility index (Phi) is 8.61. The summed E-state index contributed by atoms with van der Waals surface area (Å²) in [6, 6.07) is 3.13. The second-order valence-electron chi connectivity index (χ2n) is 10.7. The SMILES string of the molecule is CCOC(=O)N1c2cc3c(cc2[C@H](N(Cc2cc(C(F)(F)F)cc(C(F)(F)F)c2)C(=O)NC2=NCCS2)C[C@@H]1C)CCC3. The lowest BCUT2D eigenvalue weighted by Crippen LogP contribution is -2.50. The molecule has 0 saturated heterocycles. The molecule has 5 rings (SSSR count). The number of nitrogens with one attached hydrogen (secondary N) is 1. The molecule has 0 unspecified atom stereocenters. The van der Waals surface area contributed by atoms with Gasteiger partial charge in [-0.25, -0.2) is 9.59 Å². The van der Waals surface area contributed by atoms with Crippen molar-refractivity contribution in [2.24, 2.45) is 4.99 Å². The van der Waals surface area contributed by atoms with Gasteiger partial charge in [0.1, 0.15) is 0 Å². The van der Waals surface area contributed by atoms with Crippen LogP contribution in [0.1, 0.15) is 66.1 Å². The van der Waals surface area contributed by atoms with Crippen LogP contribution in [-0.2, 0) is 36.5 Å². The van der Waals surface area contributed by atoms with Gasteiger partial charge in [-0.1, -0.05) is 17.8 Å². The van der Waals surface area contributed by atoms with Crippen LogP contribution in [-0.4, -0.2) is 47.1 Å². The molecular formula is C29H30F6N4O3S. The van der Waals surface area contributed by atoms with Crippen LogP contribution in [0.4, 0.5) is 41.6 Å². The first-order valence-corrected chi connectivity index (χ1v) is 14.9. The minimum Gasteiger partial charge on any atom is -0.449 e. The predicted molar refractivity (Wildman–Crippen MR) is 150 cm³/mol. The maximum Gasteiger partial charge on any atom is 0.416 e. The number of carbonyl (C=O) groups is 2. The van der Waals surface area contributed by atoms with Crippen molar-refractivity contribution in [1.29, 1.82) is 0 Å². The number of urea groups is 1. The predicted octanol–water partition coefficient (Wildman–Crippen LogP) is 7.32. The highest BCUT2D eigenvalue weighted by molar-refractivity contribution is 8.14. The van der Waals surface area contributed by atoms with Crippen LogP contribution < -0.4 is 10.2 Å². The number of aryl methyl sites for hydroxylation is 2. The maximum atomic E-state index is 13.8. The van der Waals surface area contributed by atoms with Gasteiger partial charge in [-0.3, -0.25) is 15.2 Å². The Balaban J connectivity index is 1.62. The van der Waals surface area contributed by atoms with Gasteiger partial charge >= 0.3 is 24.5 Å². The number of anilines is 1. The van der Waals surface area contributed by atoms with Crippen LogP contribution in [0.3, 0.4) is 0 Å². The molecule has 2 aliphatic heterocycles. The monoisotopic (exact) mass is 628 g/mol. The van der Waals surface area contributed by atoms with Crippen LogP contribution in [0, 0.1) is 0 Å². The Morgan fingerprint density at radius 2 is 1.70 bits per heavy atom. The van der Waals surface area contributed by atoms with Crippen LogP contribution in [0.25, 0.3) is 0 Å². The number of thioether (sulfide) groups is 1. The summed E-state index contributed by atoms with van der Waals surface area (Å²) in [6.07, 6.45) is -8.02. The molecule has 14 heteroatoms. The lowest BCUT2D eigenvalue weighted by atomic mass is 9.88. The van der Waals surface area contributed by atoms with E-state index in [-0.39, 0.29) is 24.7 Å². The van der Waals surface area contributed by atoms with E-state index in [9.17, 15) is 35.9 Å². The van der Waals surface area contributed by atoms with Crippen LogP contribution in [0.2, 0.25) is 0 Å². The number of benzene rings is 2. The second kappa shape index (κ2) is 11.9. The first kappa shape index (κ1) is 31.0. The third-order valence-electron chi connectivity index (χ3n) is 7.77. The number of alkyl halides is 6. The molecule has 3 aliphatic rings. The first-order valence-electron chi connectivity index (χ1n) is 13.9. The topological polar surface area (TPSA) is 74.2 Å². The largest absolute Gasteiger partial charge is 0.449 e. The summed E-state index contributed by atoms with van der Waals surface area (Å²) in [6.45, 7) is 3.49. The van der Waals surface area contributed by atoms with Crippen molar-refractivity contribution >= 4 is 34.7 Å². The number of nitrogens with zero attached hydrogens (tertiary/aromatic N) is 3. The molecule has 2 atom stereocenters. The highest BCUT2D eigenvalue weighted by Gasteiger charge is 2.41. The van der Waals surface area contributed by atoms with E-state index >= 15 is 0 Å². The Morgan fingerprint density at radius 1 is 1.05 bits per heavy atom. The van der Waals surface area contributed by atoms with Crippen LogP contribution >= 0.6 is 11.8 Å². The molecule has 3 amide bonds. The molecule has 2 heterocycles. The Labute approximate surface area is 248 Å². The van der Waals surface area contributed by atoms with Gasteiger partial charge in [0, 0.05) is 18.3 Å². The zero-order valence-corrected chi connectivity index (χ0v) is 24.3. The van der Waals surface area contributed by atoms with Gasteiger partial charge in [0.25, 0.3) is 0 Å². The third-order valence-corrected chi connectivity index (χ3v) is 8.66. The van der Waals surface area contributed by atoms with Gasteiger partial charge in [0.2, 0.25) is 0 Å². The molecule has 2 aromatic carbocycles. The van der Waals surface area contributed by atoms with Crippen LogP contribution in [0.15, 0.2) is 35.3 Å². The zero-order chi connectivity index (χ0) is 31.1. The summed E-state index contributed by atoms with van der Waals surface area (Å²) in [4.78, 5) is 33.8. The van der Waals surface area contributed by atoms with Gasteiger partial charge < -0.3 is 9.64 Å². The van der Waals surface area contributed by atoms with E-state index in [1.165, 1.54) is 21.6 Å². The number of carbonyl (C=O) groups excluding carboxylic acids is 2. The quantitative estimate of drug-likeness (QED) is 0.360. The molecule has 0 radical (unpaired) electrons. The number of aliphatic imine (C=N–C) groups is 1. The number of amides is 3. The minimum absolute atomic E-state index is 0.0658. The highest BCUT2D eigenvalue weighted by Crippen LogP contribution is 2.45. The Hall–Kier alpha value is -3.42. The second-order valence-corrected chi connectivity index (χ2v) is 11.8. The number of halogens is 6. The fraction of sp³-hybridized carbons (Fsp3) is 0.483. The summed E-state index contributed by atoms with van der Waals surface area (Å²) in [7, 11) is 0.